The summed E-state index contributed by atoms with van der Waals surface area (Å²) in [4.78, 5) is 0. The molecule has 0 aliphatic heterocycles. The molecule has 0 spiro atoms. The topological polar surface area (TPSA) is 30.5 Å². The lowest BCUT2D eigenvalue weighted by Crippen LogP contribution is -2.03. The van der Waals surface area contributed by atoms with Crippen LogP contribution in [0.25, 0.3) is 0 Å². The van der Waals surface area contributed by atoms with Gasteiger partial charge >= 0.3 is 0 Å². The molecule has 0 fully saturated rings. The van der Waals surface area contributed by atoms with Crippen molar-refractivity contribution >= 4 is 40.5 Å². The van der Waals surface area contributed by atoms with Gasteiger partial charge in [0, 0.05) is 23.2 Å². The van der Waals surface area contributed by atoms with E-state index >= 15 is 0 Å². The first kappa shape index (κ1) is 16.1. The SMILES string of the molecule is COc1ccc(CNc2c(Cl)cc(Cl)cc2Cl)c(OC)c1. The molecule has 21 heavy (non-hydrogen) atoms. The van der Waals surface area contributed by atoms with Crippen molar-refractivity contribution < 1.29 is 9.47 Å². The van der Waals surface area contributed by atoms with Crippen LogP contribution in [0.4, 0.5) is 5.69 Å². The molecule has 0 aromatic heterocycles. The van der Waals surface area contributed by atoms with Gasteiger partial charge in [-0.1, -0.05) is 34.8 Å². The van der Waals surface area contributed by atoms with E-state index in [0.717, 1.165) is 17.1 Å². The van der Waals surface area contributed by atoms with Crippen molar-refractivity contribution in [2.24, 2.45) is 0 Å². The third-order valence-electron chi connectivity index (χ3n) is 2.96. The summed E-state index contributed by atoms with van der Waals surface area (Å²) in [6, 6.07) is 8.89. The van der Waals surface area contributed by atoms with Gasteiger partial charge in [-0.3, -0.25) is 0 Å². The summed E-state index contributed by atoms with van der Waals surface area (Å²) >= 11 is 18.2. The van der Waals surface area contributed by atoms with Gasteiger partial charge < -0.3 is 14.8 Å². The Kier molecular flexibility index (Phi) is 5.45. The van der Waals surface area contributed by atoms with Crippen LogP contribution in [0.3, 0.4) is 0 Å². The molecule has 0 radical (unpaired) electrons. The van der Waals surface area contributed by atoms with E-state index in [1.807, 2.05) is 18.2 Å². The minimum atomic E-state index is 0.472. The summed E-state index contributed by atoms with van der Waals surface area (Å²) in [5.41, 5.74) is 1.60. The number of rotatable bonds is 5. The smallest absolute Gasteiger partial charge is 0.127 e. The number of methoxy groups -OCH3 is 2. The zero-order valence-electron chi connectivity index (χ0n) is 11.5. The predicted molar refractivity (Wildman–Crippen MR) is 88.3 cm³/mol. The molecule has 0 unspecified atom stereocenters. The molecular weight excluding hydrogens is 333 g/mol. The first-order chi connectivity index (χ1) is 10.0. The van der Waals surface area contributed by atoms with Crippen molar-refractivity contribution in [2.75, 3.05) is 19.5 Å². The maximum Gasteiger partial charge on any atom is 0.127 e. The number of halogens is 3. The highest BCUT2D eigenvalue weighted by Gasteiger charge is 2.10. The number of hydrogen-bond donors (Lipinski definition) is 1. The fourth-order valence-electron chi connectivity index (χ4n) is 1.89. The molecule has 0 saturated carbocycles. The van der Waals surface area contributed by atoms with Crippen molar-refractivity contribution in [1.82, 2.24) is 0 Å². The Balaban J connectivity index is 2.20. The summed E-state index contributed by atoms with van der Waals surface area (Å²) < 4.78 is 10.5. The van der Waals surface area contributed by atoms with Crippen LogP contribution in [0.1, 0.15) is 5.56 Å². The van der Waals surface area contributed by atoms with Gasteiger partial charge in [0.25, 0.3) is 0 Å². The first-order valence-corrected chi connectivity index (χ1v) is 7.28. The minimum Gasteiger partial charge on any atom is -0.497 e. The fourth-order valence-corrected chi connectivity index (χ4v) is 2.84. The molecule has 6 heteroatoms. The van der Waals surface area contributed by atoms with Crippen LogP contribution in [-0.2, 0) is 6.54 Å². The molecule has 3 nitrogen and oxygen atoms in total. The van der Waals surface area contributed by atoms with Gasteiger partial charge in [-0.2, -0.15) is 0 Å². The molecule has 0 amide bonds. The van der Waals surface area contributed by atoms with Crippen LogP contribution in [0.5, 0.6) is 11.5 Å². The van der Waals surface area contributed by atoms with E-state index in [0.29, 0.717) is 27.3 Å². The zero-order chi connectivity index (χ0) is 15.4. The van der Waals surface area contributed by atoms with Gasteiger partial charge in [-0.05, 0) is 24.3 Å². The molecule has 0 saturated heterocycles. The molecule has 2 aromatic carbocycles. The van der Waals surface area contributed by atoms with Crippen LogP contribution < -0.4 is 14.8 Å². The highest BCUT2D eigenvalue weighted by molar-refractivity contribution is 6.41. The van der Waals surface area contributed by atoms with Crippen LogP contribution in [0.2, 0.25) is 15.1 Å². The van der Waals surface area contributed by atoms with E-state index in [4.69, 9.17) is 44.3 Å². The molecule has 2 aromatic rings. The van der Waals surface area contributed by atoms with Crippen molar-refractivity contribution in [2.45, 2.75) is 6.54 Å². The highest BCUT2D eigenvalue weighted by Crippen LogP contribution is 2.34. The second-order valence-electron chi connectivity index (χ2n) is 4.28. The molecule has 0 bridgehead atoms. The van der Waals surface area contributed by atoms with E-state index in [9.17, 15) is 0 Å². The molecular formula is C15H14Cl3NO2. The average Bonchev–Trinajstić information content (AvgIpc) is 2.46. The summed E-state index contributed by atoms with van der Waals surface area (Å²) in [7, 11) is 3.22. The third kappa shape index (κ3) is 3.88. The normalized spacial score (nSPS) is 10.3. The lowest BCUT2D eigenvalue weighted by Gasteiger charge is -2.14. The van der Waals surface area contributed by atoms with Crippen LogP contribution in [0, 0.1) is 0 Å². The Morgan fingerprint density at radius 2 is 1.62 bits per heavy atom. The Bertz CT molecular complexity index is 624. The number of anilines is 1. The van der Waals surface area contributed by atoms with E-state index in [1.54, 1.807) is 26.4 Å². The zero-order valence-corrected chi connectivity index (χ0v) is 13.8. The van der Waals surface area contributed by atoms with Crippen LogP contribution in [0.15, 0.2) is 30.3 Å². The quantitative estimate of drug-likeness (QED) is 0.799. The molecule has 112 valence electrons. The number of ether oxygens (including phenoxy) is 2. The molecule has 1 N–H and O–H groups in total. The maximum atomic E-state index is 6.14. The molecule has 2 rings (SSSR count). The minimum absolute atomic E-state index is 0.472. The average molecular weight is 347 g/mol. The lowest BCUT2D eigenvalue weighted by molar-refractivity contribution is 0.391. The molecule has 0 aliphatic carbocycles. The van der Waals surface area contributed by atoms with Gasteiger partial charge in [0.2, 0.25) is 0 Å². The number of nitrogens with one attached hydrogen (secondary N) is 1. The fraction of sp³-hybridized carbons (Fsp3) is 0.200. The van der Waals surface area contributed by atoms with E-state index < -0.39 is 0 Å². The largest absolute Gasteiger partial charge is 0.497 e. The Morgan fingerprint density at radius 3 is 2.19 bits per heavy atom. The molecule has 0 heterocycles. The van der Waals surface area contributed by atoms with E-state index in [-0.39, 0.29) is 0 Å². The van der Waals surface area contributed by atoms with Crippen molar-refractivity contribution in [3.63, 3.8) is 0 Å². The van der Waals surface area contributed by atoms with Gasteiger partial charge in [-0.15, -0.1) is 0 Å². The Morgan fingerprint density at radius 1 is 0.952 bits per heavy atom. The van der Waals surface area contributed by atoms with Gasteiger partial charge in [0.1, 0.15) is 11.5 Å². The first-order valence-electron chi connectivity index (χ1n) is 6.14. The van der Waals surface area contributed by atoms with Gasteiger partial charge in [-0.25, -0.2) is 0 Å². The Labute approximate surface area is 138 Å². The van der Waals surface area contributed by atoms with Gasteiger partial charge in [0.15, 0.2) is 0 Å². The molecule has 0 aliphatic rings. The van der Waals surface area contributed by atoms with Crippen LogP contribution >= 0.6 is 34.8 Å². The van der Waals surface area contributed by atoms with Crippen molar-refractivity contribution in [3.8, 4) is 11.5 Å². The van der Waals surface area contributed by atoms with Gasteiger partial charge in [0.05, 0.1) is 30.0 Å². The Hall–Kier alpha value is -1.29. The van der Waals surface area contributed by atoms with Crippen molar-refractivity contribution in [1.29, 1.82) is 0 Å². The van der Waals surface area contributed by atoms with E-state index in [2.05, 4.69) is 5.32 Å². The number of benzene rings is 2. The second-order valence-corrected chi connectivity index (χ2v) is 5.53. The summed E-state index contributed by atoms with van der Waals surface area (Å²) in [6.07, 6.45) is 0. The van der Waals surface area contributed by atoms with E-state index in [1.165, 1.54) is 0 Å². The maximum absolute atomic E-state index is 6.14. The third-order valence-corrected chi connectivity index (χ3v) is 3.77. The second kappa shape index (κ2) is 7.12. The standard InChI is InChI=1S/C15H14Cl3NO2/c1-20-11-4-3-9(14(7-11)21-2)8-19-15-12(17)5-10(16)6-13(15)18/h3-7,19H,8H2,1-2H3. The number of hydrogen-bond acceptors (Lipinski definition) is 3. The van der Waals surface area contributed by atoms with Crippen LogP contribution in [-0.4, -0.2) is 14.2 Å². The summed E-state index contributed by atoms with van der Waals surface area (Å²) in [5, 5.41) is 4.64. The molecule has 0 atom stereocenters. The monoisotopic (exact) mass is 345 g/mol. The lowest BCUT2D eigenvalue weighted by atomic mass is 10.2. The van der Waals surface area contributed by atoms with Crippen molar-refractivity contribution in [3.05, 3.63) is 51.0 Å². The summed E-state index contributed by atoms with van der Waals surface area (Å²) in [5.74, 6) is 1.46. The highest BCUT2D eigenvalue weighted by atomic mass is 35.5. The summed E-state index contributed by atoms with van der Waals surface area (Å²) in [6.45, 7) is 0.508. The predicted octanol–water partition coefficient (Wildman–Crippen LogP) is 5.28.